The van der Waals surface area contributed by atoms with Crippen LogP contribution in [-0.4, -0.2) is 24.4 Å². The Hall–Kier alpha value is -1.32. The summed E-state index contributed by atoms with van der Waals surface area (Å²) in [6, 6.07) is 0.0260. The molecule has 1 heterocycles. The normalized spacial score (nSPS) is 17.5. The van der Waals surface area contributed by atoms with Crippen molar-refractivity contribution in [1.29, 1.82) is 0 Å². The first-order valence-corrected chi connectivity index (χ1v) is 11.9. The number of rotatable bonds is 16. The summed E-state index contributed by atoms with van der Waals surface area (Å²) >= 11 is 0. The smallest absolute Gasteiger partial charge is 0.222 e. The van der Waals surface area contributed by atoms with E-state index in [9.17, 15) is 9.59 Å². The molecule has 0 spiro atoms. The van der Waals surface area contributed by atoms with Gasteiger partial charge in [-0.2, -0.15) is 0 Å². The molecule has 28 heavy (non-hydrogen) atoms. The van der Waals surface area contributed by atoms with Crippen LogP contribution in [0.25, 0.3) is 0 Å². The number of carbonyl (C=O) groups excluding carboxylic acids is 2. The molecular weight excluding hydrogens is 348 g/mol. The molecule has 0 saturated carbocycles. The lowest BCUT2D eigenvalue weighted by molar-refractivity contribution is -0.123. The molecule has 0 unspecified atom stereocenters. The summed E-state index contributed by atoms with van der Waals surface area (Å²) in [4.78, 5) is 23.5. The van der Waals surface area contributed by atoms with Crippen LogP contribution in [0, 0.1) is 0 Å². The summed E-state index contributed by atoms with van der Waals surface area (Å²) < 4.78 is 0. The van der Waals surface area contributed by atoms with Gasteiger partial charge in [0.05, 0.1) is 0 Å². The van der Waals surface area contributed by atoms with Gasteiger partial charge in [0.1, 0.15) is 0 Å². The second-order valence-corrected chi connectivity index (χ2v) is 8.30. The van der Waals surface area contributed by atoms with Crippen LogP contribution in [0.15, 0.2) is 12.2 Å². The second-order valence-electron chi connectivity index (χ2n) is 8.30. The lowest BCUT2D eigenvalue weighted by atomic mass is 10.1. The van der Waals surface area contributed by atoms with Crippen LogP contribution < -0.4 is 10.6 Å². The van der Waals surface area contributed by atoms with Crippen LogP contribution in [0.2, 0.25) is 0 Å². The largest absolute Gasteiger partial charge is 0.356 e. The molecule has 4 nitrogen and oxygen atoms in total. The molecule has 0 radical (unpaired) electrons. The molecule has 1 aliphatic heterocycles. The van der Waals surface area contributed by atoms with Crippen molar-refractivity contribution < 1.29 is 9.59 Å². The Labute approximate surface area is 173 Å². The molecule has 0 aromatic carbocycles. The second kappa shape index (κ2) is 17.8. The summed E-state index contributed by atoms with van der Waals surface area (Å²) in [7, 11) is 0. The van der Waals surface area contributed by atoms with Crippen LogP contribution in [0.5, 0.6) is 0 Å². The Morgan fingerprint density at radius 1 is 0.964 bits per heavy atom. The first kappa shape index (κ1) is 24.7. The molecule has 1 atom stereocenters. The minimum absolute atomic E-state index is 0.0260. The van der Waals surface area contributed by atoms with Crippen LogP contribution in [0.3, 0.4) is 0 Å². The lowest BCUT2D eigenvalue weighted by Gasteiger charge is -2.15. The van der Waals surface area contributed by atoms with Crippen LogP contribution >= 0.6 is 0 Å². The summed E-state index contributed by atoms with van der Waals surface area (Å²) in [5, 5.41) is 5.88. The van der Waals surface area contributed by atoms with Gasteiger partial charge in [-0.05, 0) is 44.9 Å². The van der Waals surface area contributed by atoms with Crippen LogP contribution in [-0.2, 0) is 9.59 Å². The molecule has 2 N–H and O–H groups in total. The van der Waals surface area contributed by atoms with Gasteiger partial charge in [0.15, 0.2) is 0 Å². The molecule has 1 fully saturated rings. The number of hydrogen-bond donors (Lipinski definition) is 2. The fourth-order valence-corrected chi connectivity index (χ4v) is 3.75. The van der Waals surface area contributed by atoms with Gasteiger partial charge in [-0.25, -0.2) is 0 Å². The van der Waals surface area contributed by atoms with Crippen molar-refractivity contribution in [3.63, 3.8) is 0 Å². The van der Waals surface area contributed by atoms with Gasteiger partial charge in [-0.3, -0.25) is 9.59 Å². The minimum atomic E-state index is 0.0260. The van der Waals surface area contributed by atoms with Crippen molar-refractivity contribution in [2.45, 2.75) is 122 Å². The zero-order chi connectivity index (χ0) is 20.3. The number of carbonyl (C=O) groups is 2. The summed E-state index contributed by atoms with van der Waals surface area (Å²) in [5.41, 5.74) is 0. The maximum absolute atomic E-state index is 12.0. The first-order chi connectivity index (χ1) is 13.7. The molecule has 1 rings (SSSR count). The van der Waals surface area contributed by atoms with Crippen molar-refractivity contribution in [3.8, 4) is 0 Å². The van der Waals surface area contributed by atoms with E-state index in [1.807, 2.05) is 0 Å². The van der Waals surface area contributed by atoms with E-state index in [1.54, 1.807) is 0 Å². The van der Waals surface area contributed by atoms with Crippen molar-refractivity contribution in [3.05, 3.63) is 12.2 Å². The zero-order valence-corrected chi connectivity index (χ0v) is 18.3. The van der Waals surface area contributed by atoms with Crippen molar-refractivity contribution in [2.75, 3.05) is 6.54 Å². The molecule has 162 valence electrons. The molecule has 1 saturated heterocycles. The predicted molar refractivity (Wildman–Crippen MR) is 118 cm³/mol. The fourth-order valence-electron chi connectivity index (χ4n) is 3.75. The van der Waals surface area contributed by atoms with E-state index in [1.165, 1.54) is 70.6 Å². The quantitative estimate of drug-likeness (QED) is 0.257. The van der Waals surface area contributed by atoms with Crippen molar-refractivity contribution in [2.24, 2.45) is 0 Å². The predicted octanol–water partition coefficient (Wildman–Crippen LogP) is 5.81. The van der Waals surface area contributed by atoms with Gasteiger partial charge in [-0.1, -0.05) is 70.4 Å². The first-order valence-electron chi connectivity index (χ1n) is 11.9. The highest BCUT2D eigenvalue weighted by atomic mass is 16.2. The van der Waals surface area contributed by atoms with Crippen LogP contribution in [0.1, 0.15) is 116 Å². The third kappa shape index (κ3) is 14.7. The summed E-state index contributed by atoms with van der Waals surface area (Å²) in [5.74, 6) is 0.168. The van der Waals surface area contributed by atoms with E-state index in [0.29, 0.717) is 12.8 Å². The monoisotopic (exact) mass is 392 g/mol. The van der Waals surface area contributed by atoms with E-state index in [0.717, 1.165) is 32.2 Å². The minimum Gasteiger partial charge on any atom is -0.356 e. The highest BCUT2D eigenvalue weighted by molar-refractivity contribution is 5.79. The summed E-state index contributed by atoms with van der Waals surface area (Å²) in [6.45, 7) is 3.00. The molecule has 0 aromatic heterocycles. The molecule has 0 aromatic rings. The zero-order valence-electron chi connectivity index (χ0n) is 18.3. The number of allylic oxidation sites excluding steroid dienone is 2. The van der Waals surface area contributed by atoms with Crippen LogP contribution in [0.4, 0.5) is 0 Å². The molecule has 0 aliphatic carbocycles. The van der Waals surface area contributed by atoms with E-state index >= 15 is 0 Å². The number of nitrogens with one attached hydrogen (secondary N) is 2. The van der Waals surface area contributed by atoms with Gasteiger partial charge in [0.2, 0.25) is 11.8 Å². The van der Waals surface area contributed by atoms with Crippen molar-refractivity contribution in [1.82, 2.24) is 10.6 Å². The standard InChI is InChI=1S/C24H44N2O2/c1-2-3-4-5-6-7-8-9-10-11-12-13-14-15-16-19-23(27)26-22-18-17-20-25-24(28)21-22/h9-10,22H,2-8,11-21H2,1H3,(H,25,28)(H,26,27)/b10-9-/t22-/m1/s1. The van der Waals surface area contributed by atoms with E-state index < -0.39 is 0 Å². The van der Waals surface area contributed by atoms with E-state index in [-0.39, 0.29) is 17.9 Å². The van der Waals surface area contributed by atoms with Gasteiger partial charge in [0.25, 0.3) is 0 Å². The third-order valence-corrected chi connectivity index (χ3v) is 5.51. The van der Waals surface area contributed by atoms with Gasteiger partial charge in [0, 0.05) is 25.4 Å². The molecule has 1 aliphatic rings. The Morgan fingerprint density at radius 2 is 1.57 bits per heavy atom. The fraction of sp³-hybridized carbons (Fsp3) is 0.833. The Balaban J connectivity index is 1.86. The van der Waals surface area contributed by atoms with Gasteiger partial charge in [-0.15, -0.1) is 0 Å². The maximum atomic E-state index is 12.0. The Morgan fingerprint density at radius 3 is 2.25 bits per heavy atom. The SMILES string of the molecule is CCCCCCCC/C=C\CCCCCCCC(=O)N[C@@H]1CCCNC(=O)C1. The average Bonchev–Trinajstić information content (AvgIpc) is 2.88. The lowest BCUT2D eigenvalue weighted by Crippen LogP contribution is -2.36. The highest BCUT2D eigenvalue weighted by Crippen LogP contribution is 2.11. The maximum Gasteiger partial charge on any atom is 0.222 e. The average molecular weight is 393 g/mol. The topological polar surface area (TPSA) is 58.2 Å². The van der Waals surface area contributed by atoms with E-state index in [4.69, 9.17) is 0 Å². The third-order valence-electron chi connectivity index (χ3n) is 5.51. The summed E-state index contributed by atoms with van der Waals surface area (Å²) in [6.07, 6.45) is 24.1. The molecule has 2 amide bonds. The van der Waals surface area contributed by atoms with E-state index in [2.05, 4.69) is 29.7 Å². The number of unbranched alkanes of at least 4 members (excludes halogenated alkanes) is 11. The van der Waals surface area contributed by atoms with Crippen molar-refractivity contribution >= 4 is 11.8 Å². The highest BCUT2D eigenvalue weighted by Gasteiger charge is 2.18. The van der Waals surface area contributed by atoms with Gasteiger partial charge < -0.3 is 10.6 Å². The Kier molecular flexibility index (Phi) is 15.7. The number of amides is 2. The van der Waals surface area contributed by atoms with Gasteiger partial charge >= 0.3 is 0 Å². The molecule has 0 bridgehead atoms. The molecule has 4 heteroatoms. The number of hydrogen-bond acceptors (Lipinski definition) is 2. The molecular formula is C24H44N2O2. The Bertz CT molecular complexity index is 434.